The van der Waals surface area contributed by atoms with Gasteiger partial charge in [-0.25, -0.2) is 0 Å². The lowest BCUT2D eigenvalue weighted by molar-refractivity contribution is -0.117. The first kappa shape index (κ1) is 23.8. The van der Waals surface area contributed by atoms with Crippen molar-refractivity contribution in [3.8, 4) is 5.88 Å². The number of aromatic hydroxyl groups is 1. The normalized spacial score (nSPS) is 19.4. The number of benzene rings is 2. The Labute approximate surface area is 222 Å². The predicted octanol–water partition coefficient (Wildman–Crippen LogP) is 5.20. The van der Waals surface area contributed by atoms with Gasteiger partial charge in [-0.2, -0.15) is 0 Å². The topological polar surface area (TPSA) is 92.2 Å². The Morgan fingerprint density at radius 1 is 1.03 bits per heavy atom. The van der Waals surface area contributed by atoms with Crippen molar-refractivity contribution in [3.05, 3.63) is 92.8 Å². The second-order valence-corrected chi connectivity index (χ2v) is 10.8. The number of carbonyl (C=O) groups excluding carboxylic acids is 1. The summed E-state index contributed by atoms with van der Waals surface area (Å²) in [5.74, 6) is 0.254. The van der Waals surface area contributed by atoms with E-state index in [9.17, 15) is 14.7 Å². The van der Waals surface area contributed by atoms with Gasteiger partial charge in [0, 0.05) is 47.2 Å². The molecule has 37 heavy (non-hydrogen) atoms. The summed E-state index contributed by atoms with van der Waals surface area (Å²) >= 11 is 3.51. The molecule has 188 valence electrons. The molecule has 2 bridgehead atoms. The second kappa shape index (κ2) is 9.72. The van der Waals surface area contributed by atoms with Crippen molar-refractivity contribution in [1.82, 2.24) is 14.0 Å². The Morgan fingerprint density at radius 2 is 1.86 bits per heavy atom. The lowest BCUT2D eigenvalue weighted by Crippen LogP contribution is -2.47. The fourth-order valence-electron chi connectivity index (χ4n) is 5.76. The molecular weight excluding hydrogens is 534 g/mol. The van der Waals surface area contributed by atoms with Gasteiger partial charge in [-0.15, -0.1) is 10.2 Å². The summed E-state index contributed by atoms with van der Waals surface area (Å²) < 4.78 is 4.59. The number of nitrogens with zero attached hydrogens (tertiary/aromatic N) is 5. The molecule has 2 aliphatic heterocycles. The van der Waals surface area contributed by atoms with E-state index in [4.69, 9.17) is 0 Å². The van der Waals surface area contributed by atoms with E-state index in [2.05, 4.69) is 37.1 Å². The summed E-state index contributed by atoms with van der Waals surface area (Å²) in [7, 11) is 0. The summed E-state index contributed by atoms with van der Waals surface area (Å²) in [6.07, 6.45) is 1.21. The van der Waals surface area contributed by atoms with E-state index in [-0.39, 0.29) is 35.4 Å². The van der Waals surface area contributed by atoms with Gasteiger partial charge in [-0.3, -0.25) is 19.1 Å². The highest BCUT2D eigenvalue weighted by Crippen LogP contribution is 2.41. The van der Waals surface area contributed by atoms with Crippen LogP contribution in [-0.2, 0) is 24.4 Å². The van der Waals surface area contributed by atoms with Gasteiger partial charge < -0.3 is 9.67 Å². The number of hydrogen-bond acceptors (Lipinski definition) is 5. The molecule has 0 radical (unpaired) electrons. The van der Waals surface area contributed by atoms with E-state index >= 15 is 0 Å². The first-order valence-electron chi connectivity index (χ1n) is 12.4. The van der Waals surface area contributed by atoms with Crippen LogP contribution in [0.2, 0.25) is 0 Å². The highest BCUT2D eigenvalue weighted by atomic mass is 79.9. The van der Waals surface area contributed by atoms with Crippen LogP contribution in [0.3, 0.4) is 0 Å². The Hall–Kier alpha value is -3.56. The molecule has 1 unspecified atom stereocenters. The van der Waals surface area contributed by atoms with Crippen LogP contribution in [-0.4, -0.2) is 38.1 Å². The lowest BCUT2D eigenvalue weighted by Gasteiger charge is -2.42. The third kappa shape index (κ3) is 4.65. The molecule has 6 rings (SSSR count). The van der Waals surface area contributed by atoms with Gasteiger partial charge in [-0.1, -0.05) is 52.3 Å². The zero-order valence-electron chi connectivity index (χ0n) is 20.1. The number of aromatic nitrogens is 2. The summed E-state index contributed by atoms with van der Waals surface area (Å²) in [4.78, 5) is 27.2. The van der Waals surface area contributed by atoms with Gasteiger partial charge in [0.1, 0.15) is 0 Å². The molecule has 2 aromatic heterocycles. The maximum atomic E-state index is 12.5. The van der Waals surface area contributed by atoms with Crippen molar-refractivity contribution in [1.29, 1.82) is 0 Å². The monoisotopic (exact) mass is 559 g/mol. The molecule has 1 N–H and O–H groups in total. The molecule has 1 amide bonds. The summed E-state index contributed by atoms with van der Waals surface area (Å²) in [6, 6.07) is 20.7. The number of likely N-dealkylation sites (tertiary alicyclic amines) is 1. The van der Waals surface area contributed by atoms with Gasteiger partial charge in [0.2, 0.25) is 5.88 Å². The third-order valence-corrected chi connectivity index (χ3v) is 7.82. The predicted molar refractivity (Wildman–Crippen MR) is 144 cm³/mol. The van der Waals surface area contributed by atoms with Gasteiger partial charge in [0.15, 0.2) is 5.69 Å². The molecule has 8 nitrogen and oxygen atoms in total. The Morgan fingerprint density at radius 3 is 2.70 bits per heavy atom. The van der Waals surface area contributed by atoms with Crippen molar-refractivity contribution in [2.75, 3.05) is 13.1 Å². The molecule has 2 aliphatic rings. The minimum absolute atomic E-state index is 0.0169. The zero-order valence-corrected chi connectivity index (χ0v) is 21.7. The van der Waals surface area contributed by atoms with Gasteiger partial charge in [-0.05, 0) is 42.2 Å². The van der Waals surface area contributed by atoms with Crippen LogP contribution in [0.1, 0.15) is 23.6 Å². The van der Waals surface area contributed by atoms with E-state index < -0.39 is 0 Å². The van der Waals surface area contributed by atoms with E-state index in [1.54, 1.807) is 6.07 Å². The fraction of sp³-hybridized carbons (Fsp3) is 0.286. The molecule has 1 saturated heterocycles. The van der Waals surface area contributed by atoms with E-state index in [1.165, 1.54) is 0 Å². The number of piperidine rings is 1. The van der Waals surface area contributed by atoms with E-state index in [1.807, 2.05) is 63.7 Å². The van der Waals surface area contributed by atoms with E-state index in [0.717, 1.165) is 52.7 Å². The number of fused-ring (bicyclic) bond motifs is 5. The van der Waals surface area contributed by atoms with Crippen LogP contribution in [0.4, 0.5) is 5.69 Å². The number of pyridine rings is 1. The number of carbonyl (C=O) groups is 1. The van der Waals surface area contributed by atoms with Crippen LogP contribution in [0, 0.1) is 5.92 Å². The maximum absolute atomic E-state index is 12.5. The number of amides is 1. The third-order valence-electron chi connectivity index (χ3n) is 7.33. The Kier molecular flexibility index (Phi) is 6.26. The smallest absolute Gasteiger partial charge is 0.269 e. The maximum Gasteiger partial charge on any atom is 0.269 e. The van der Waals surface area contributed by atoms with Crippen molar-refractivity contribution >= 4 is 38.4 Å². The van der Waals surface area contributed by atoms with E-state index in [0.29, 0.717) is 12.6 Å². The second-order valence-electron chi connectivity index (χ2n) is 9.89. The number of azo groups is 1. The molecule has 2 atom stereocenters. The summed E-state index contributed by atoms with van der Waals surface area (Å²) in [5.41, 5.74) is 3.12. The average Bonchev–Trinajstić information content (AvgIpc) is 3.13. The molecule has 0 saturated carbocycles. The molecule has 0 aliphatic carbocycles. The summed E-state index contributed by atoms with van der Waals surface area (Å²) in [6.45, 7) is 2.82. The first-order chi connectivity index (χ1) is 18.0. The van der Waals surface area contributed by atoms with Crippen LogP contribution in [0.25, 0.3) is 10.9 Å². The largest absolute Gasteiger partial charge is 0.493 e. The van der Waals surface area contributed by atoms with Crippen LogP contribution < -0.4 is 5.56 Å². The van der Waals surface area contributed by atoms with Crippen LogP contribution in [0.15, 0.2) is 86.2 Å². The number of halogens is 1. The van der Waals surface area contributed by atoms with Crippen LogP contribution in [0.5, 0.6) is 5.88 Å². The Bertz CT molecular complexity index is 1580. The Balaban J connectivity index is 1.28. The summed E-state index contributed by atoms with van der Waals surface area (Å²) in [5, 5.41) is 20.1. The minimum atomic E-state index is -0.376. The zero-order chi connectivity index (χ0) is 25.5. The number of hydrogen-bond donors (Lipinski definition) is 1. The van der Waals surface area contributed by atoms with Gasteiger partial charge >= 0.3 is 0 Å². The first-order valence-corrected chi connectivity index (χ1v) is 13.2. The molecule has 4 heterocycles. The van der Waals surface area contributed by atoms with Crippen molar-refractivity contribution < 1.29 is 9.90 Å². The van der Waals surface area contributed by atoms with Gasteiger partial charge in [0.05, 0.1) is 18.6 Å². The molecule has 9 heteroatoms. The fourth-order valence-corrected chi connectivity index (χ4v) is 6.12. The minimum Gasteiger partial charge on any atom is -0.493 e. The van der Waals surface area contributed by atoms with Gasteiger partial charge in [0.25, 0.3) is 11.5 Å². The molecule has 1 fully saturated rings. The molecular formula is C28H26BrN5O3. The quantitative estimate of drug-likeness (QED) is 0.340. The standard InChI is InChI=1S/C28H26BrN5O3/c29-21-9-10-24-22(13-21)27(31-30-25(35)12-18-5-2-1-3-6-18)28(37)34(24)17-32-14-19-11-20(16-32)23-7-4-8-26(36)33(23)15-19/h1-10,13,19-20,37H,11-12,14-17H2/t19?,20-/m0/s1. The SMILES string of the molecule is O=C(Cc1ccccc1)N=Nc1c(O)n(CN2CC3C[C@@H](C2)c2cccc(=O)n2C3)c2ccc(Br)cc12. The van der Waals surface area contributed by atoms with Crippen LogP contribution >= 0.6 is 15.9 Å². The molecule has 0 spiro atoms. The van der Waals surface area contributed by atoms with Crippen molar-refractivity contribution in [2.24, 2.45) is 16.1 Å². The highest BCUT2D eigenvalue weighted by molar-refractivity contribution is 9.10. The van der Waals surface area contributed by atoms with Crippen molar-refractivity contribution in [2.45, 2.75) is 32.0 Å². The number of rotatable bonds is 5. The highest BCUT2D eigenvalue weighted by Gasteiger charge is 2.35. The van der Waals surface area contributed by atoms with Crippen molar-refractivity contribution in [3.63, 3.8) is 0 Å². The molecule has 2 aromatic carbocycles. The average molecular weight is 560 g/mol. The molecule has 4 aromatic rings. The lowest BCUT2D eigenvalue weighted by atomic mass is 9.83.